The summed E-state index contributed by atoms with van der Waals surface area (Å²) in [6, 6.07) is 5.16. The molecule has 176 valence electrons. The molecule has 2 N–H and O–H groups in total. The molecule has 7 nitrogen and oxygen atoms in total. The van der Waals surface area contributed by atoms with E-state index in [9.17, 15) is 18.0 Å². The summed E-state index contributed by atoms with van der Waals surface area (Å²) in [5, 5.41) is 6.07. The van der Waals surface area contributed by atoms with Crippen LogP contribution in [0.4, 0.5) is 5.69 Å². The molecule has 1 saturated carbocycles. The molecule has 2 fully saturated rings. The number of piperidine rings is 1. The highest BCUT2D eigenvalue weighted by Crippen LogP contribution is 2.29. The number of hydrogen-bond donors (Lipinski definition) is 2. The van der Waals surface area contributed by atoms with E-state index < -0.39 is 10.0 Å². The number of amides is 2. The molecule has 0 spiro atoms. The summed E-state index contributed by atoms with van der Waals surface area (Å²) in [6.45, 7) is 0.665. The van der Waals surface area contributed by atoms with Crippen molar-refractivity contribution in [2.45, 2.75) is 88.0 Å². The van der Waals surface area contributed by atoms with Gasteiger partial charge in [0.05, 0.1) is 10.8 Å². The Bertz CT molecular complexity index is 939. The molecule has 1 aromatic rings. The molecule has 8 heteroatoms. The monoisotopic (exact) mass is 461 g/mol. The van der Waals surface area contributed by atoms with Gasteiger partial charge in [-0.05, 0) is 62.3 Å². The highest BCUT2D eigenvalue weighted by Gasteiger charge is 2.34. The van der Waals surface area contributed by atoms with Crippen molar-refractivity contribution < 1.29 is 18.0 Å². The minimum absolute atomic E-state index is 0.000106. The quantitative estimate of drug-likeness (QED) is 0.716. The topological polar surface area (TPSA) is 95.6 Å². The van der Waals surface area contributed by atoms with E-state index in [2.05, 4.69) is 10.6 Å². The SMILES string of the molecule is O=C1CCCc2cc(S(=O)(=O)N3CCC[C@@H](C(=O)NC4CCCCCCC4)C3)ccc2N1. The maximum absolute atomic E-state index is 13.4. The number of aryl methyl sites for hydroxylation is 1. The van der Waals surface area contributed by atoms with Crippen LogP contribution in [0.1, 0.15) is 76.2 Å². The Balaban J connectivity index is 1.43. The van der Waals surface area contributed by atoms with Crippen LogP contribution in [0.5, 0.6) is 0 Å². The molecular formula is C24H35N3O4S. The molecular weight excluding hydrogens is 426 g/mol. The Labute approximate surface area is 191 Å². The number of hydrogen-bond acceptors (Lipinski definition) is 4. The maximum atomic E-state index is 13.4. The van der Waals surface area contributed by atoms with Gasteiger partial charge in [-0.1, -0.05) is 32.1 Å². The van der Waals surface area contributed by atoms with Crippen molar-refractivity contribution in [1.29, 1.82) is 0 Å². The Morgan fingerprint density at radius 2 is 1.72 bits per heavy atom. The largest absolute Gasteiger partial charge is 0.353 e. The van der Waals surface area contributed by atoms with E-state index in [0.29, 0.717) is 37.9 Å². The molecule has 32 heavy (non-hydrogen) atoms. The maximum Gasteiger partial charge on any atom is 0.243 e. The molecule has 1 atom stereocenters. The number of rotatable bonds is 4. The number of sulfonamides is 1. The third-order valence-electron chi connectivity index (χ3n) is 7.04. The number of benzene rings is 1. The summed E-state index contributed by atoms with van der Waals surface area (Å²) < 4.78 is 28.2. The van der Waals surface area contributed by atoms with Crippen molar-refractivity contribution in [3.63, 3.8) is 0 Å². The Hall–Kier alpha value is -1.93. The summed E-state index contributed by atoms with van der Waals surface area (Å²) in [7, 11) is -3.69. The Kier molecular flexibility index (Phi) is 7.51. The second-order valence-electron chi connectivity index (χ2n) is 9.47. The minimum atomic E-state index is -3.69. The van der Waals surface area contributed by atoms with Crippen LogP contribution >= 0.6 is 0 Å². The highest BCUT2D eigenvalue weighted by molar-refractivity contribution is 7.89. The first-order chi connectivity index (χ1) is 15.4. The number of nitrogens with one attached hydrogen (secondary N) is 2. The van der Waals surface area contributed by atoms with Gasteiger partial charge in [-0.3, -0.25) is 9.59 Å². The third kappa shape index (κ3) is 5.52. The molecule has 1 aliphatic carbocycles. The van der Waals surface area contributed by atoms with Gasteiger partial charge in [-0.15, -0.1) is 0 Å². The van der Waals surface area contributed by atoms with Crippen molar-refractivity contribution in [1.82, 2.24) is 9.62 Å². The van der Waals surface area contributed by atoms with Crippen LogP contribution in [-0.2, 0) is 26.0 Å². The van der Waals surface area contributed by atoms with Crippen molar-refractivity contribution in [2.24, 2.45) is 5.92 Å². The second kappa shape index (κ2) is 10.3. The lowest BCUT2D eigenvalue weighted by atomic mass is 9.94. The fourth-order valence-corrected chi connectivity index (χ4v) is 6.73. The van der Waals surface area contributed by atoms with Crippen LogP contribution in [0, 0.1) is 5.92 Å². The van der Waals surface area contributed by atoms with Crippen LogP contribution in [0.25, 0.3) is 0 Å². The Morgan fingerprint density at radius 3 is 2.50 bits per heavy atom. The fraction of sp³-hybridized carbons (Fsp3) is 0.667. The third-order valence-corrected chi connectivity index (χ3v) is 8.91. The molecule has 1 aromatic carbocycles. The standard InChI is InChI=1S/C24H35N3O4S/c28-23-12-6-8-18-16-21(13-14-22(18)26-23)32(30,31)27-15-7-9-19(17-27)24(29)25-20-10-4-2-1-3-5-11-20/h13-14,16,19-20H,1-12,15,17H2,(H,25,29)(H,26,28)/t19-/m1/s1. The average molecular weight is 462 g/mol. The first-order valence-electron chi connectivity index (χ1n) is 12.2. The molecule has 2 amide bonds. The lowest BCUT2D eigenvalue weighted by molar-refractivity contribution is -0.127. The first-order valence-corrected chi connectivity index (χ1v) is 13.6. The average Bonchev–Trinajstić information content (AvgIpc) is 2.95. The number of anilines is 1. The summed E-state index contributed by atoms with van der Waals surface area (Å²) >= 11 is 0. The zero-order chi connectivity index (χ0) is 22.6. The van der Waals surface area contributed by atoms with Gasteiger partial charge in [0, 0.05) is 31.2 Å². The van der Waals surface area contributed by atoms with Crippen molar-refractivity contribution in [3.8, 4) is 0 Å². The van der Waals surface area contributed by atoms with Gasteiger partial charge in [0.15, 0.2) is 0 Å². The predicted octanol–water partition coefficient (Wildman–Crippen LogP) is 3.59. The number of carbonyl (C=O) groups excluding carboxylic acids is 2. The van der Waals surface area contributed by atoms with Gasteiger partial charge in [0.1, 0.15) is 0 Å². The first kappa shape index (κ1) is 23.2. The lowest BCUT2D eigenvalue weighted by Crippen LogP contribution is -2.47. The van der Waals surface area contributed by atoms with Gasteiger partial charge in [0.25, 0.3) is 0 Å². The summed E-state index contributed by atoms with van der Waals surface area (Å²) in [5.74, 6) is -0.335. The van der Waals surface area contributed by atoms with E-state index in [1.807, 2.05) is 0 Å². The van der Waals surface area contributed by atoms with Crippen LogP contribution in [0.3, 0.4) is 0 Å². The molecule has 2 aliphatic heterocycles. The molecule has 3 aliphatic rings. The minimum Gasteiger partial charge on any atom is -0.353 e. The zero-order valence-corrected chi connectivity index (χ0v) is 19.6. The summed E-state index contributed by atoms with van der Waals surface area (Å²) in [5.41, 5.74) is 1.55. The predicted molar refractivity (Wildman–Crippen MR) is 124 cm³/mol. The van der Waals surface area contributed by atoms with Crippen molar-refractivity contribution >= 4 is 27.5 Å². The normalized spacial score (nSPS) is 23.9. The van der Waals surface area contributed by atoms with Gasteiger partial charge >= 0.3 is 0 Å². The molecule has 2 heterocycles. The van der Waals surface area contributed by atoms with E-state index in [0.717, 1.165) is 37.7 Å². The lowest BCUT2D eigenvalue weighted by Gasteiger charge is -2.32. The zero-order valence-electron chi connectivity index (χ0n) is 18.8. The van der Waals surface area contributed by atoms with Gasteiger partial charge in [-0.2, -0.15) is 4.31 Å². The number of fused-ring (bicyclic) bond motifs is 1. The van der Waals surface area contributed by atoms with Crippen LogP contribution in [0.2, 0.25) is 0 Å². The van der Waals surface area contributed by atoms with Gasteiger partial charge in [-0.25, -0.2) is 8.42 Å². The van der Waals surface area contributed by atoms with Gasteiger partial charge < -0.3 is 10.6 Å². The van der Waals surface area contributed by atoms with E-state index in [4.69, 9.17) is 0 Å². The Morgan fingerprint density at radius 1 is 0.969 bits per heavy atom. The van der Waals surface area contributed by atoms with Crippen molar-refractivity contribution in [3.05, 3.63) is 23.8 Å². The number of nitrogens with zero attached hydrogens (tertiary/aromatic N) is 1. The second-order valence-corrected chi connectivity index (χ2v) is 11.4. The number of carbonyl (C=O) groups is 2. The van der Waals surface area contributed by atoms with Crippen molar-refractivity contribution in [2.75, 3.05) is 18.4 Å². The van der Waals surface area contributed by atoms with Gasteiger partial charge in [0.2, 0.25) is 21.8 Å². The molecule has 0 unspecified atom stereocenters. The van der Waals surface area contributed by atoms with Crippen LogP contribution in [0.15, 0.2) is 23.1 Å². The van der Waals surface area contributed by atoms with E-state index >= 15 is 0 Å². The summed E-state index contributed by atoms with van der Waals surface area (Å²) in [6.07, 6.45) is 11.3. The van der Waals surface area contributed by atoms with Crippen LogP contribution in [-0.4, -0.2) is 43.7 Å². The summed E-state index contributed by atoms with van der Waals surface area (Å²) in [4.78, 5) is 25.0. The van der Waals surface area contributed by atoms with E-state index in [1.165, 1.54) is 23.6 Å². The molecule has 0 radical (unpaired) electrons. The van der Waals surface area contributed by atoms with Crippen LogP contribution < -0.4 is 10.6 Å². The molecule has 0 bridgehead atoms. The highest BCUT2D eigenvalue weighted by atomic mass is 32.2. The van der Waals surface area contributed by atoms with E-state index in [-0.39, 0.29) is 35.2 Å². The molecule has 1 saturated heterocycles. The fourth-order valence-electron chi connectivity index (χ4n) is 5.15. The molecule has 0 aromatic heterocycles. The van der Waals surface area contributed by atoms with E-state index in [1.54, 1.807) is 18.2 Å². The smallest absolute Gasteiger partial charge is 0.243 e. The molecule has 4 rings (SSSR count).